The van der Waals surface area contributed by atoms with Gasteiger partial charge in [0.1, 0.15) is 22.6 Å². The average Bonchev–Trinajstić information content (AvgIpc) is 3.13. The van der Waals surface area contributed by atoms with E-state index in [1.807, 2.05) is 30.3 Å². The smallest absolute Gasteiger partial charge is 0.261 e. The topological polar surface area (TPSA) is 112 Å². The summed E-state index contributed by atoms with van der Waals surface area (Å²) in [4.78, 5) is 34.7. The standard InChI is InChI=1S/C26H21N5O3/c1-15(32)16-11-13-17(14-12-16)31-24(27)22(26(33)30-20-9-5-6-10-21(20)34-2)23-25(31)29-19-8-4-3-7-18(19)28-23/h3-14H,27H2,1-2H3,(H,30,33). The van der Waals surface area contributed by atoms with E-state index in [1.165, 1.54) is 14.0 Å². The number of Topliss-reactive ketones (excluding diaryl/α,β-unsaturated/α-hetero) is 1. The zero-order valence-corrected chi connectivity index (χ0v) is 18.6. The number of hydrogen-bond acceptors (Lipinski definition) is 6. The van der Waals surface area contributed by atoms with Crippen molar-refractivity contribution in [1.29, 1.82) is 0 Å². The first-order chi connectivity index (χ1) is 16.5. The first-order valence-electron chi connectivity index (χ1n) is 10.6. The summed E-state index contributed by atoms with van der Waals surface area (Å²) in [6.45, 7) is 1.51. The normalized spacial score (nSPS) is 11.0. The largest absolute Gasteiger partial charge is 0.495 e. The second-order valence-corrected chi connectivity index (χ2v) is 7.74. The third kappa shape index (κ3) is 3.51. The summed E-state index contributed by atoms with van der Waals surface area (Å²) >= 11 is 0. The van der Waals surface area contributed by atoms with E-state index < -0.39 is 5.91 Å². The first-order valence-corrected chi connectivity index (χ1v) is 10.6. The SMILES string of the molecule is COc1ccccc1NC(=O)c1c(N)n(-c2ccc(C(C)=O)cc2)c2nc3ccccc3nc12. The predicted molar refractivity (Wildman–Crippen MR) is 132 cm³/mol. The molecule has 0 fully saturated rings. The van der Waals surface area contributed by atoms with E-state index >= 15 is 0 Å². The van der Waals surface area contributed by atoms with Crippen LogP contribution in [0.4, 0.5) is 11.5 Å². The van der Waals surface area contributed by atoms with Crippen LogP contribution in [0.3, 0.4) is 0 Å². The summed E-state index contributed by atoms with van der Waals surface area (Å²) in [5.41, 5.74) is 10.6. The second kappa shape index (κ2) is 8.32. The van der Waals surface area contributed by atoms with Gasteiger partial charge in [0.05, 0.1) is 23.8 Å². The lowest BCUT2D eigenvalue weighted by molar-refractivity contribution is 0.101. The molecule has 8 nitrogen and oxygen atoms in total. The number of hydrogen-bond donors (Lipinski definition) is 2. The van der Waals surface area contributed by atoms with Crippen molar-refractivity contribution in [2.45, 2.75) is 6.92 Å². The molecule has 2 heterocycles. The van der Waals surface area contributed by atoms with Gasteiger partial charge in [-0.1, -0.05) is 24.3 Å². The number of nitrogen functional groups attached to an aromatic ring is 1. The molecule has 5 aromatic rings. The highest BCUT2D eigenvalue weighted by molar-refractivity contribution is 6.16. The van der Waals surface area contributed by atoms with Crippen LogP contribution in [0.5, 0.6) is 5.75 Å². The summed E-state index contributed by atoms with van der Waals surface area (Å²) < 4.78 is 7.03. The number of nitrogens with two attached hydrogens (primary N) is 1. The van der Waals surface area contributed by atoms with E-state index in [1.54, 1.807) is 47.0 Å². The first kappa shape index (κ1) is 21.1. The minimum Gasteiger partial charge on any atom is -0.495 e. The van der Waals surface area contributed by atoms with E-state index in [-0.39, 0.29) is 17.2 Å². The number of ether oxygens (including phenoxy) is 1. The van der Waals surface area contributed by atoms with E-state index in [0.29, 0.717) is 44.9 Å². The van der Waals surface area contributed by atoms with Crippen LogP contribution in [0.2, 0.25) is 0 Å². The molecule has 34 heavy (non-hydrogen) atoms. The van der Waals surface area contributed by atoms with Gasteiger partial charge in [-0.25, -0.2) is 9.97 Å². The van der Waals surface area contributed by atoms with E-state index in [0.717, 1.165) is 0 Å². The number of benzene rings is 3. The van der Waals surface area contributed by atoms with Crippen LogP contribution >= 0.6 is 0 Å². The molecule has 3 N–H and O–H groups in total. The number of para-hydroxylation sites is 4. The minimum absolute atomic E-state index is 0.0421. The molecular weight excluding hydrogens is 430 g/mol. The van der Waals surface area contributed by atoms with Gasteiger partial charge in [0.25, 0.3) is 5.91 Å². The number of ketones is 1. The third-order valence-electron chi connectivity index (χ3n) is 5.61. The molecule has 0 aliphatic heterocycles. The number of carbonyl (C=O) groups excluding carboxylic acids is 2. The Morgan fingerprint density at radius 3 is 2.24 bits per heavy atom. The van der Waals surface area contributed by atoms with Crippen molar-refractivity contribution in [3.8, 4) is 11.4 Å². The lowest BCUT2D eigenvalue weighted by atomic mass is 10.1. The van der Waals surface area contributed by atoms with Gasteiger partial charge in [-0.2, -0.15) is 0 Å². The number of anilines is 2. The van der Waals surface area contributed by atoms with Crippen LogP contribution < -0.4 is 15.8 Å². The highest BCUT2D eigenvalue weighted by Crippen LogP contribution is 2.32. The predicted octanol–water partition coefficient (Wildman–Crippen LogP) is 4.62. The molecule has 0 unspecified atom stereocenters. The van der Waals surface area contributed by atoms with Crippen LogP contribution in [0.25, 0.3) is 27.9 Å². The number of nitrogens with one attached hydrogen (secondary N) is 1. The lowest BCUT2D eigenvalue weighted by Gasteiger charge is -2.10. The van der Waals surface area contributed by atoms with Crippen molar-refractivity contribution < 1.29 is 14.3 Å². The van der Waals surface area contributed by atoms with Gasteiger partial charge in [-0.05, 0) is 55.5 Å². The van der Waals surface area contributed by atoms with Gasteiger partial charge in [0.2, 0.25) is 0 Å². The molecule has 0 aliphatic carbocycles. The molecule has 0 saturated carbocycles. The van der Waals surface area contributed by atoms with Crippen LogP contribution in [-0.2, 0) is 0 Å². The molecular formula is C26H21N5O3. The fourth-order valence-electron chi connectivity index (χ4n) is 3.92. The number of rotatable bonds is 5. The monoisotopic (exact) mass is 451 g/mol. The molecule has 0 atom stereocenters. The van der Waals surface area contributed by atoms with Crippen molar-refractivity contribution >= 4 is 45.4 Å². The number of methoxy groups -OCH3 is 1. The summed E-state index contributed by atoms with van der Waals surface area (Å²) in [6.07, 6.45) is 0. The molecule has 0 bridgehead atoms. The number of amides is 1. The van der Waals surface area contributed by atoms with Crippen LogP contribution in [-0.4, -0.2) is 33.3 Å². The van der Waals surface area contributed by atoms with E-state index in [4.69, 9.17) is 20.4 Å². The number of fused-ring (bicyclic) bond motifs is 2. The molecule has 3 aromatic carbocycles. The maximum atomic E-state index is 13.5. The van der Waals surface area contributed by atoms with Crippen molar-refractivity contribution in [2.75, 3.05) is 18.2 Å². The second-order valence-electron chi connectivity index (χ2n) is 7.74. The summed E-state index contributed by atoms with van der Waals surface area (Å²) in [7, 11) is 1.54. The van der Waals surface area contributed by atoms with Gasteiger partial charge >= 0.3 is 0 Å². The summed E-state index contributed by atoms with van der Waals surface area (Å²) in [6, 6.07) is 21.5. The van der Waals surface area contributed by atoms with Crippen LogP contribution in [0.15, 0.2) is 72.8 Å². The Morgan fingerprint density at radius 2 is 1.56 bits per heavy atom. The Hall–Kier alpha value is -4.72. The molecule has 1 amide bonds. The van der Waals surface area contributed by atoms with Crippen molar-refractivity contribution in [2.24, 2.45) is 0 Å². The average molecular weight is 451 g/mol. The van der Waals surface area contributed by atoms with Crippen molar-refractivity contribution in [3.05, 3.63) is 83.9 Å². The molecule has 2 aromatic heterocycles. The Labute approximate surface area is 195 Å². The fraction of sp³-hybridized carbons (Fsp3) is 0.0769. The fourth-order valence-corrected chi connectivity index (χ4v) is 3.92. The number of carbonyl (C=O) groups is 2. The zero-order chi connectivity index (χ0) is 23.8. The maximum absolute atomic E-state index is 13.5. The molecule has 168 valence electrons. The molecule has 5 rings (SSSR count). The third-order valence-corrected chi connectivity index (χ3v) is 5.61. The molecule has 0 radical (unpaired) electrons. The van der Waals surface area contributed by atoms with Crippen LogP contribution in [0.1, 0.15) is 27.6 Å². The summed E-state index contributed by atoms with van der Waals surface area (Å²) in [5.74, 6) is 0.234. The quantitative estimate of drug-likeness (QED) is 0.377. The van der Waals surface area contributed by atoms with Crippen molar-refractivity contribution in [1.82, 2.24) is 14.5 Å². The minimum atomic E-state index is -0.435. The van der Waals surface area contributed by atoms with Crippen molar-refractivity contribution in [3.63, 3.8) is 0 Å². The van der Waals surface area contributed by atoms with E-state index in [9.17, 15) is 9.59 Å². The molecule has 0 aliphatic rings. The molecule has 0 spiro atoms. The molecule has 8 heteroatoms. The van der Waals surface area contributed by atoms with Crippen LogP contribution in [0, 0.1) is 0 Å². The van der Waals surface area contributed by atoms with Gasteiger partial charge in [0.15, 0.2) is 11.4 Å². The van der Waals surface area contributed by atoms with Gasteiger partial charge in [0, 0.05) is 11.3 Å². The highest BCUT2D eigenvalue weighted by Gasteiger charge is 2.25. The van der Waals surface area contributed by atoms with Gasteiger partial charge in [-0.3, -0.25) is 14.2 Å². The number of nitrogens with zero attached hydrogens (tertiary/aromatic N) is 3. The lowest BCUT2D eigenvalue weighted by Crippen LogP contribution is -2.15. The zero-order valence-electron chi connectivity index (χ0n) is 18.6. The Kier molecular flexibility index (Phi) is 5.18. The Morgan fingerprint density at radius 1 is 0.912 bits per heavy atom. The molecule has 0 saturated heterocycles. The van der Waals surface area contributed by atoms with E-state index in [2.05, 4.69) is 5.32 Å². The Balaban J connectivity index is 1.72. The highest BCUT2D eigenvalue weighted by atomic mass is 16.5. The van der Waals surface area contributed by atoms with Gasteiger partial charge < -0.3 is 15.8 Å². The van der Waals surface area contributed by atoms with Gasteiger partial charge in [-0.15, -0.1) is 0 Å². The summed E-state index contributed by atoms with van der Waals surface area (Å²) in [5, 5.41) is 2.88. The Bertz CT molecular complexity index is 1570. The maximum Gasteiger partial charge on any atom is 0.261 e. The number of aromatic nitrogens is 3.